The first-order chi connectivity index (χ1) is 4.89. The van der Waals surface area contributed by atoms with Crippen LogP contribution in [-0.2, 0) is 4.74 Å². The molecule has 0 spiro atoms. The Bertz CT molecular complexity index is 110. The zero-order valence-electron chi connectivity index (χ0n) is 5.66. The summed E-state index contributed by atoms with van der Waals surface area (Å²) in [6.45, 7) is 0.843. The second kappa shape index (κ2) is 3.85. The average Bonchev–Trinajstić information content (AvgIpc) is 1.79. The van der Waals surface area contributed by atoms with Gasteiger partial charge >= 0.3 is 6.18 Å². The van der Waals surface area contributed by atoms with Crippen LogP contribution in [0.25, 0.3) is 0 Å². The maximum absolute atomic E-state index is 11.6. The Morgan fingerprint density at radius 1 is 1.27 bits per heavy atom. The molecule has 0 aromatic rings. The first kappa shape index (κ1) is 10.6. The summed E-state index contributed by atoms with van der Waals surface area (Å²) < 4.78 is 61.5. The average molecular weight is 178 g/mol. The van der Waals surface area contributed by atoms with E-state index < -0.39 is 18.7 Å². The summed E-state index contributed by atoms with van der Waals surface area (Å²) in [5.74, 6) is 0. The molecule has 0 fully saturated rings. The molecule has 0 rings (SSSR count). The summed E-state index contributed by atoms with van der Waals surface area (Å²) in [6, 6.07) is 0. The largest absolute Gasteiger partial charge is 0.420 e. The topological polar surface area (TPSA) is 9.23 Å². The molecule has 68 valence electrons. The van der Waals surface area contributed by atoms with Gasteiger partial charge in [0.2, 0.25) is 6.10 Å². The summed E-state index contributed by atoms with van der Waals surface area (Å²) in [5.41, 5.74) is 0. The summed E-state index contributed by atoms with van der Waals surface area (Å²) >= 11 is 0. The lowest BCUT2D eigenvalue weighted by molar-refractivity contribution is -0.251. The SMILES string of the molecule is CCOC(C(F)F)C(F)(F)F. The number of hydrogen-bond acceptors (Lipinski definition) is 1. The molecule has 0 aliphatic carbocycles. The quantitative estimate of drug-likeness (QED) is 0.602. The molecule has 0 aliphatic heterocycles. The van der Waals surface area contributed by atoms with Gasteiger partial charge in [-0.3, -0.25) is 0 Å². The van der Waals surface area contributed by atoms with Crippen molar-refractivity contribution in [2.45, 2.75) is 25.6 Å². The summed E-state index contributed by atoms with van der Waals surface area (Å²) in [4.78, 5) is 0. The first-order valence-electron chi connectivity index (χ1n) is 2.86. The van der Waals surface area contributed by atoms with Gasteiger partial charge in [0.1, 0.15) is 0 Å². The minimum atomic E-state index is -4.98. The lowest BCUT2D eigenvalue weighted by Gasteiger charge is -2.18. The maximum atomic E-state index is 11.6. The molecule has 0 radical (unpaired) electrons. The van der Waals surface area contributed by atoms with E-state index in [1.54, 1.807) is 0 Å². The van der Waals surface area contributed by atoms with Gasteiger partial charge < -0.3 is 4.74 Å². The van der Waals surface area contributed by atoms with E-state index in [2.05, 4.69) is 4.74 Å². The van der Waals surface area contributed by atoms with Crippen molar-refractivity contribution >= 4 is 0 Å². The molecule has 11 heavy (non-hydrogen) atoms. The molecule has 0 N–H and O–H groups in total. The van der Waals surface area contributed by atoms with Gasteiger partial charge in [-0.15, -0.1) is 0 Å². The van der Waals surface area contributed by atoms with E-state index in [4.69, 9.17) is 0 Å². The third-order valence-electron chi connectivity index (χ3n) is 0.898. The molecule has 0 aliphatic rings. The number of rotatable bonds is 3. The van der Waals surface area contributed by atoms with E-state index in [0.717, 1.165) is 0 Å². The van der Waals surface area contributed by atoms with Gasteiger partial charge in [0, 0.05) is 6.61 Å². The predicted octanol–water partition coefficient (Wildman–Crippen LogP) is 2.22. The third kappa shape index (κ3) is 3.50. The van der Waals surface area contributed by atoms with Crippen molar-refractivity contribution in [2.24, 2.45) is 0 Å². The Hall–Kier alpha value is -0.390. The second-order valence-corrected chi connectivity index (χ2v) is 1.75. The zero-order chi connectivity index (χ0) is 9.07. The van der Waals surface area contributed by atoms with Crippen molar-refractivity contribution in [3.63, 3.8) is 0 Å². The standard InChI is InChI=1S/C5H7F5O/c1-2-11-3(4(6)7)5(8,9)10/h3-4H,2H2,1H3. The molecule has 0 bridgehead atoms. The number of hydrogen-bond donors (Lipinski definition) is 0. The molecule has 0 amide bonds. The van der Waals surface area contributed by atoms with E-state index in [-0.39, 0.29) is 6.61 Å². The second-order valence-electron chi connectivity index (χ2n) is 1.75. The Morgan fingerprint density at radius 3 is 1.82 bits per heavy atom. The van der Waals surface area contributed by atoms with E-state index in [1.165, 1.54) is 6.92 Å². The van der Waals surface area contributed by atoms with Crippen molar-refractivity contribution in [3.05, 3.63) is 0 Å². The van der Waals surface area contributed by atoms with Gasteiger partial charge in [-0.05, 0) is 6.92 Å². The van der Waals surface area contributed by atoms with Crippen LogP contribution in [0.4, 0.5) is 22.0 Å². The van der Waals surface area contributed by atoms with E-state index in [9.17, 15) is 22.0 Å². The van der Waals surface area contributed by atoms with Gasteiger partial charge in [0.25, 0.3) is 6.43 Å². The monoisotopic (exact) mass is 178 g/mol. The van der Waals surface area contributed by atoms with Gasteiger partial charge in [-0.25, -0.2) is 8.78 Å². The van der Waals surface area contributed by atoms with Crippen molar-refractivity contribution < 1.29 is 26.7 Å². The first-order valence-corrected chi connectivity index (χ1v) is 2.86. The fourth-order valence-corrected chi connectivity index (χ4v) is 0.490. The Balaban J connectivity index is 4.10. The minimum absolute atomic E-state index is 0.380. The molecule has 6 heteroatoms. The Morgan fingerprint density at radius 2 is 1.73 bits per heavy atom. The highest BCUT2D eigenvalue weighted by molar-refractivity contribution is 4.69. The minimum Gasteiger partial charge on any atom is -0.364 e. The number of halogens is 5. The highest BCUT2D eigenvalue weighted by Crippen LogP contribution is 2.27. The maximum Gasteiger partial charge on any atom is 0.420 e. The lowest BCUT2D eigenvalue weighted by Crippen LogP contribution is -2.37. The van der Waals surface area contributed by atoms with Crippen LogP contribution >= 0.6 is 0 Å². The summed E-state index contributed by atoms with van der Waals surface area (Å²) in [5, 5.41) is 0. The Kier molecular flexibility index (Phi) is 3.71. The molecule has 0 saturated heterocycles. The summed E-state index contributed by atoms with van der Waals surface area (Å²) in [6.07, 6.45) is -11.5. The van der Waals surface area contributed by atoms with Crippen LogP contribution in [0.2, 0.25) is 0 Å². The van der Waals surface area contributed by atoms with Crippen molar-refractivity contribution in [3.8, 4) is 0 Å². The van der Waals surface area contributed by atoms with Crippen molar-refractivity contribution in [1.82, 2.24) is 0 Å². The molecule has 1 atom stereocenters. The van der Waals surface area contributed by atoms with Gasteiger partial charge in [-0.1, -0.05) is 0 Å². The summed E-state index contributed by atoms with van der Waals surface area (Å²) in [7, 11) is 0. The van der Waals surface area contributed by atoms with Gasteiger partial charge in [-0.2, -0.15) is 13.2 Å². The van der Waals surface area contributed by atoms with E-state index in [1.807, 2.05) is 0 Å². The third-order valence-corrected chi connectivity index (χ3v) is 0.898. The van der Waals surface area contributed by atoms with Crippen LogP contribution < -0.4 is 0 Å². The van der Waals surface area contributed by atoms with Gasteiger partial charge in [0.05, 0.1) is 0 Å². The highest BCUT2D eigenvalue weighted by Gasteiger charge is 2.46. The predicted molar refractivity (Wildman–Crippen MR) is 27.5 cm³/mol. The molecule has 1 nitrogen and oxygen atoms in total. The fourth-order valence-electron chi connectivity index (χ4n) is 0.490. The smallest absolute Gasteiger partial charge is 0.364 e. The molecule has 0 aromatic carbocycles. The molecular formula is C5H7F5O. The van der Waals surface area contributed by atoms with Crippen LogP contribution in [0.5, 0.6) is 0 Å². The van der Waals surface area contributed by atoms with Crippen LogP contribution in [0, 0.1) is 0 Å². The van der Waals surface area contributed by atoms with Crippen molar-refractivity contribution in [2.75, 3.05) is 6.61 Å². The molecule has 0 saturated carbocycles. The molecular weight excluding hydrogens is 171 g/mol. The van der Waals surface area contributed by atoms with Crippen LogP contribution in [0.3, 0.4) is 0 Å². The molecule has 1 unspecified atom stereocenters. The van der Waals surface area contributed by atoms with Crippen molar-refractivity contribution in [1.29, 1.82) is 0 Å². The van der Waals surface area contributed by atoms with E-state index in [0.29, 0.717) is 0 Å². The fraction of sp³-hybridized carbons (Fsp3) is 1.00. The van der Waals surface area contributed by atoms with Crippen LogP contribution in [0.15, 0.2) is 0 Å². The van der Waals surface area contributed by atoms with Crippen LogP contribution in [-0.4, -0.2) is 25.3 Å². The normalized spacial score (nSPS) is 15.5. The van der Waals surface area contributed by atoms with Gasteiger partial charge in [0.15, 0.2) is 0 Å². The van der Waals surface area contributed by atoms with Crippen LogP contribution in [0.1, 0.15) is 6.92 Å². The zero-order valence-corrected chi connectivity index (χ0v) is 5.66. The highest BCUT2D eigenvalue weighted by atomic mass is 19.4. The molecule has 0 aromatic heterocycles. The molecule has 0 heterocycles. The lowest BCUT2D eigenvalue weighted by atomic mass is 10.3. The van der Waals surface area contributed by atoms with E-state index >= 15 is 0 Å². The number of ether oxygens (including phenoxy) is 1. The Labute approximate surface area is 60.1 Å². The number of alkyl halides is 5.